The molecule has 1 N–H and O–H groups in total. The van der Waals surface area contributed by atoms with Crippen molar-refractivity contribution in [2.75, 3.05) is 21.1 Å². The van der Waals surface area contributed by atoms with Gasteiger partial charge in [-0.05, 0) is 12.1 Å². The molecule has 0 saturated heterocycles. The fourth-order valence-electron chi connectivity index (χ4n) is 2.18. The number of benzene rings is 1. The van der Waals surface area contributed by atoms with Crippen LogP contribution in [0.5, 0.6) is 0 Å². The lowest BCUT2D eigenvalue weighted by Crippen LogP contribution is -2.30. The molecule has 144 valence electrons. The highest BCUT2D eigenvalue weighted by molar-refractivity contribution is 7.89. The van der Waals surface area contributed by atoms with Crippen LogP contribution in [0.25, 0.3) is 10.9 Å². The zero-order valence-electron chi connectivity index (χ0n) is 14.7. The molecule has 0 spiro atoms. The second kappa shape index (κ2) is 6.75. The molecule has 0 unspecified atom stereocenters. The number of nitrogens with one attached hydrogen (secondary N) is 1. The van der Waals surface area contributed by atoms with Gasteiger partial charge >= 0.3 is 20.2 Å². The van der Waals surface area contributed by atoms with Crippen LogP contribution in [-0.2, 0) is 20.2 Å². The maximum atomic E-state index is 12.5. The van der Waals surface area contributed by atoms with Crippen LogP contribution in [0.4, 0.5) is 0 Å². The molecule has 0 aliphatic rings. The number of sulfonamides is 1. The summed E-state index contributed by atoms with van der Waals surface area (Å²) in [4.78, 5) is 6.64. The third-order valence-electron chi connectivity index (χ3n) is 3.72. The van der Waals surface area contributed by atoms with E-state index in [9.17, 15) is 16.8 Å². The Balaban J connectivity index is 1.89. The van der Waals surface area contributed by atoms with Crippen LogP contribution in [0.1, 0.15) is 5.56 Å². The van der Waals surface area contributed by atoms with Gasteiger partial charge in [0.2, 0.25) is 0 Å². The van der Waals surface area contributed by atoms with Crippen LogP contribution in [0, 0.1) is 0 Å². The lowest BCUT2D eigenvalue weighted by atomic mass is 10.1. The summed E-state index contributed by atoms with van der Waals surface area (Å²) in [6.45, 7) is 0. The molecule has 2 aromatic heterocycles. The van der Waals surface area contributed by atoms with E-state index in [4.69, 9.17) is 0 Å². The summed E-state index contributed by atoms with van der Waals surface area (Å²) in [6.07, 6.45) is 3.98. The van der Waals surface area contributed by atoms with E-state index in [0.29, 0.717) is 14.1 Å². The third-order valence-corrected chi connectivity index (χ3v) is 6.73. The van der Waals surface area contributed by atoms with E-state index in [1.54, 1.807) is 12.3 Å². The van der Waals surface area contributed by atoms with Crippen molar-refractivity contribution in [3.8, 4) is 0 Å². The predicted molar refractivity (Wildman–Crippen MR) is 98.9 cm³/mol. The number of H-pyrrole nitrogens is 1. The minimum absolute atomic E-state index is 0.484. The van der Waals surface area contributed by atoms with Gasteiger partial charge in [0.15, 0.2) is 0 Å². The smallest absolute Gasteiger partial charge is 0.323 e. The summed E-state index contributed by atoms with van der Waals surface area (Å²) in [5, 5.41) is 7.70. The summed E-state index contributed by atoms with van der Waals surface area (Å²) >= 11 is 0. The Bertz CT molecular complexity index is 1210. The number of aromatic amines is 1. The highest BCUT2D eigenvalue weighted by atomic mass is 32.2. The predicted octanol–water partition coefficient (Wildman–Crippen LogP) is 0.0685. The SMILES string of the molecule is CN(/N=C\c1cccc2[nH]ccc12)S(=O)(=O)c1ncn(S(=O)(=O)N(C)C)n1. The Kier molecular flexibility index (Phi) is 4.75. The van der Waals surface area contributed by atoms with E-state index >= 15 is 0 Å². The van der Waals surface area contributed by atoms with E-state index in [2.05, 4.69) is 20.2 Å². The zero-order chi connectivity index (χ0) is 19.8. The molecule has 13 heteroatoms. The molecular formula is C14H17N7O4S2. The van der Waals surface area contributed by atoms with Crippen LogP contribution in [-0.4, -0.2) is 72.1 Å². The highest BCUT2D eigenvalue weighted by Gasteiger charge is 2.27. The summed E-state index contributed by atoms with van der Waals surface area (Å²) in [7, 11) is -4.37. The Hall–Kier alpha value is -2.77. The van der Waals surface area contributed by atoms with Gasteiger partial charge in [-0.3, -0.25) is 0 Å². The van der Waals surface area contributed by atoms with Crippen molar-refractivity contribution in [3.63, 3.8) is 0 Å². The van der Waals surface area contributed by atoms with E-state index in [-0.39, 0.29) is 0 Å². The first kappa shape index (κ1) is 19.0. The molecule has 3 rings (SSSR count). The molecule has 0 atom stereocenters. The average molecular weight is 411 g/mol. The van der Waals surface area contributed by atoms with E-state index in [0.717, 1.165) is 21.5 Å². The first-order valence-corrected chi connectivity index (χ1v) is 10.4. The van der Waals surface area contributed by atoms with Crippen molar-refractivity contribution in [1.29, 1.82) is 0 Å². The molecule has 0 bridgehead atoms. The molecular weight excluding hydrogens is 394 g/mol. The monoisotopic (exact) mass is 411 g/mol. The Morgan fingerprint density at radius 2 is 1.89 bits per heavy atom. The van der Waals surface area contributed by atoms with Crippen LogP contribution in [0.2, 0.25) is 0 Å². The van der Waals surface area contributed by atoms with Gasteiger partial charge in [-0.1, -0.05) is 12.1 Å². The number of nitrogens with zero attached hydrogens (tertiary/aromatic N) is 6. The number of hydrogen-bond donors (Lipinski definition) is 1. The lowest BCUT2D eigenvalue weighted by molar-refractivity contribution is 0.481. The van der Waals surface area contributed by atoms with Gasteiger partial charge in [-0.25, -0.2) is 4.98 Å². The largest absolute Gasteiger partial charge is 0.361 e. The van der Waals surface area contributed by atoms with Crippen molar-refractivity contribution in [2.45, 2.75) is 5.16 Å². The van der Waals surface area contributed by atoms with Gasteiger partial charge in [0.25, 0.3) is 5.16 Å². The highest BCUT2D eigenvalue weighted by Crippen LogP contribution is 2.16. The number of hydrazone groups is 1. The Labute approximate surface area is 156 Å². The number of hydrogen-bond acceptors (Lipinski definition) is 7. The molecule has 0 saturated carbocycles. The molecule has 3 aromatic rings. The van der Waals surface area contributed by atoms with Gasteiger partial charge in [-0.2, -0.15) is 30.7 Å². The van der Waals surface area contributed by atoms with Gasteiger partial charge in [0.1, 0.15) is 6.33 Å². The molecule has 0 aliphatic carbocycles. The van der Waals surface area contributed by atoms with Crippen LogP contribution in [0.3, 0.4) is 0 Å². The van der Waals surface area contributed by atoms with Crippen molar-refractivity contribution < 1.29 is 16.8 Å². The summed E-state index contributed by atoms with van der Waals surface area (Å²) in [5.74, 6) is 0. The number of fused-ring (bicyclic) bond motifs is 1. The van der Waals surface area contributed by atoms with Gasteiger partial charge in [0.05, 0.1) is 6.21 Å². The molecule has 0 radical (unpaired) electrons. The fraction of sp³-hybridized carbons (Fsp3) is 0.214. The minimum atomic E-state index is -4.21. The number of rotatable bonds is 6. The molecule has 0 aliphatic heterocycles. The Morgan fingerprint density at radius 3 is 2.59 bits per heavy atom. The average Bonchev–Trinajstić information content (AvgIpc) is 3.28. The lowest BCUT2D eigenvalue weighted by Gasteiger charge is -2.11. The quantitative estimate of drug-likeness (QED) is 0.451. The Morgan fingerprint density at radius 1 is 1.15 bits per heavy atom. The van der Waals surface area contributed by atoms with Gasteiger partial charge < -0.3 is 4.98 Å². The summed E-state index contributed by atoms with van der Waals surface area (Å²) in [5.41, 5.74) is 1.60. The normalized spacial score (nSPS) is 13.0. The maximum Gasteiger partial charge on any atom is 0.323 e. The topological polar surface area (TPSA) is 134 Å². The first-order chi connectivity index (χ1) is 12.6. The minimum Gasteiger partial charge on any atom is -0.361 e. The zero-order valence-corrected chi connectivity index (χ0v) is 16.3. The first-order valence-electron chi connectivity index (χ1n) is 7.58. The van der Waals surface area contributed by atoms with Crippen LogP contribution in [0.15, 0.2) is 47.0 Å². The van der Waals surface area contributed by atoms with Gasteiger partial charge in [0, 0.05) is 43.8 Å². The van der Waals surface area contributed by atoms with Crippen LogP contribution >= 0.6 is 0 Å². The van der Waals surface area contributed by atoms with Crippen molar-refractivity contribution in [3.05, 3.63) is 42.4 Å². The van der Waals surface area contributed by atoms with Crippen LogP contribution < -0.4 is 0 Å². The van der Waals surface area contributed by atoms with E-state index < -0.39 is 25.4 Å². The molecule has 2 heterocycles. The summed E-state index contributed by atoms with van der Waals surface area (Å²) in [6, 6.07) is 7.33. The number of aromatic nitrogens is 4. The molecule has 27 heavy (non-hydrogen) atoms. The van der Waals surface area contributed by atoms with Gasteiger partial charge in [-0.15, -0.1) is 9.19 Å². The van der Waals surface area contributed by atoms with Crippen molar-refractivity contribution >= 4 is 37.4 Å². The second-order valence-electron chi connectivity index (χ2n) is 5.66. The third kappa shape index (κ3) is 3.43. The standard InChI is InChI=1S/C14H17N7O4S2/c1-19(2)27(24,25)21-10-16-14(18-21)26(22,23)20(3)17-9-11-5-4-6-13-12(11)7-8-15-13/h4-10,15H,1-3H3/b17-9-. The van der Waals surface area contributed by atoms with E-state index in [1.165, 1.54) is 27.4 Å². The second-order valence-corrected chi connectivity index (χ2v) is 9.50. The van der Waals surface area contributed by atoms with E-state index in [1.807, 2.05) is 18.2 Å². The summed E-state index contributed by atoms with van der Waals surface area (Å²) < 4.78 is 51.1. The molecule has 11 nitrogen and oxygen atoms in total. The molecule has 0 amide bonds. The van der Waals surface area contributed by atoms with Crippen molar-refractivity contribution in [2.24, 2.45) is 5.10 Å². The maximum absolute atomic E-state index is 12.5. The molecule has 0 fully saturated rings. The van der Waals surface area contributed by atoms with Crippen molar-refractivity contribution in [1.82, 2.24) is 27.9 Å². The molecule has 1 aromatic carbocycles. The fourth-order valence-corrected chi connectivity index (χ4v) is 3.69.